The second-order valence-electron chi connectivity index (χ2n) is 5.39. The van der Waals surface area contributed by atoms with Gasteiger partial charge in [-0.2, -0.15) is 4.98 Å². The quantitative estimate of drug-likeness (QED) is 0.845. The van der Waals surface area contributed by atoms with E-state index in [1.165, 1.54) is 0 Å². The minimum Gasteiger partial charge on any atom is -0.494 e. The molecule has 0 N–H and O–H groups in total. The lowest BCUT2D eigenvalue weighted by Crippen LogP contribution is -2.40. The van der Waals surface area contributed by atoms with Crippen LogP contribution in [0.4, 0.5) is 0 Å². The van der Waals surface area contributed by atoms with Crippen LogP contribution >= 0.6 is 0 Å². The number of hydrogen-bond acceptors (Lipinski definition) is 6. The molecular weight excluding hydrogens is 282 g/mol. The first-order valence-electron chi connectivity index (χ1n) is 7.64. The molecule has 3 rings (SSSR count). The molecule has 2 aromatic rings. The van der Waals surface area contributed by atoms with Crippen molar-refractivity contribution in [1.29, 1.82) is 0 Å². The van der Waals surface area contributed by atoms with Crippen LogP contribution in [0.3, 0.4) is 0 Å². The van der Waals surface area contributed by atoms with E-state index in [9.17, 15) is 0 Å². The third kappa shape index (κ3) is 3.64. The number of ether oxygens (including phenoxy) is 2. The van der Waals surface area contributed by atoms with E-state index in [0.717, 1.165) is 31.0 Å². The maximum atomic E-state index is 5.53. The van der Waals surface area contributed by atoms with Crippen LogP contribution in [0.2, 0.25) is 0 Å². The number of benzene rings is 1. The Labute approximate surface area is 130 Å². The zero-order valence-corrected chi connectivity index (χ0v) is 13.0. The van der Waals surface area contributed by atoms with Gasteiger partial charge in [0.25, 0.3) is 0 Å². The minimum absolute atomic E-state index is 0.252. The third-order valence-corrected chi connectivity index (χ3v) is 3.58. The Morgan fingerprint density at radius 2 is 2.14 bits per heavy atom. The van der Waals surface area contributed by atoms with Crippen LogP contribution in [0.5, 0.6) is 5.75 Å². The summed E-state index contributed by atoms with van der Waals surface area (Å²) in [5, 5.41) is 4.06. The van der Waals surface area contributed by atoms with Crippen molar-refractivity contribution in [2.75, 3.05) is 26.3 Å². The van der Waals surface area contributed by atoms with Crippen molar-refractivity contribution in [2.45, 2.75) is 26.5 Å². The molecule has 1 aliphatic heterocycles. The van der Waals surface area contributed by atoms with E-state index in [-0.39, 0.29) is 6.10 Å². The molecule has 1 atom stereocenters. The van der Waals surface area contributed by atoms with Gasteiger partial charge >= 0.3 is 0 Å². The first-order chi connectivity index (χ1) is 10.7. The SMILES string of the molecule is CCOc1ccc(-c2noc(CN3CCOC(C)C3)n2)cc1. The molecule has 22 heavy (non-hydrogen) atoms. The lowest BCUT2D eigenvalue weighted by atomic mass is 10.2. The summed E-state index contributed by atoms with van der Waals surface area (Å²) < 4.78 is 16.3. The summed E-state index contributed by atoms with van der Waals surface area (Å²) in [5.74, 6) is 2.09. The van der Waals surface area contributed by atoms with Crippen molar-refractivity contribution >= 4 is 0 Å². The monoisotopic (exact) mass is 303 g/mol. The predicted octanol–water partition coefficient (Wildman–Crippen LogP) is 2.36. The van der Waals surface area contributed by atoms with Gasteiger partial charge in [0.15, 0.2) is 0 Å². The zero-order valence-electron chi connectivity index (χ0n) is 13.0. The van der Waals surface area contributed by atoms with Gasteiger partial charge in [-0.25, -0.2) is 0 Å². The highest BCUT2D eigenvalue weighted by atomic mass is 16.5. The molecule has 1 unspecified atom stereocenters. The second-order valence-corrected chi connectivity index (χ2v) is 5.39. The van der Waals surface area contributed by atoms with Gasteiger partial charge in [0.1, 0.15) is 5.75 Å². The molecular formula is C16H21N3O3. The van der Waals surface area contributed by atoms with E-state index < -0.39 is 0 Å². The average molecular weight is 303 g/mol. The van der Waals surface area contributed by atoms with Crippen LogP contribution in [-0.2, 0) is 11.3 Å². The lowest BCUT2D eigenvalue weighted by Gasteiger charge is -2.29. The van der Waals surface area contributed by atoms with Crippen LogP contribution in [0.15, 0.2) is 28.8 Å². The summed E-state index contributed by atoms with van der Waals surface area (Å²) in [4.78, 5) is 6.74. The Hall–Kier alpha value is -1.92. The molecule has 1 aromatic heterocycles. The summed E-state index contributed by atoms with van der Waals surface area (Å²) in [6, 6.07) is 7.71. The van der Waals surface area contributed by atoms with E-state index >= 15 is 0 Å². The van der Waals surface area contributed by atoms with Gasteiger partial charge in [-0.05, 0) is 38.1 Å². The number of morpholine rings is 1. The van der Waals surface area contributed by atoms with Crippen LogP contribution < -0.4 is 4.74 Å². The molecule has 0 aliphatic carbocycles. The first kappa shape index (κ1) is 15.0. The minimum atomic E-state index is 0.252. The molecule has 118 valence electrons. The molecule has 0 radical (unpaired) electrons. The van der Waals surface area contributed by atoms with Gasteiger partial charge < -0.3 is 14.0 Å². The number of aromatic nitrogens is 2. The van der Waals surface area contributed by atoms with Crippen molar-refractivity contribution in [3.63, 3.8) is 0 Å². The molecule has 6 heteroatoms. The fourth-order valence-corrected chi connectivity index (χ4v) is 2.53. The normalized spacial score (nSPS) is 19.3. The van der Waals surface area contributed by atoms with Crippen molar-refractivity contribution in [3.8, 4) is 17.1 Å². The molecule has 0 bridgehead atoms. The highest BCUT2D eigenvalue weighted by molar-refractivity contribution is 5.55. The largest absolute Gasteiger partial charge is 0.494 e. The number of hydrogen-bond donors (Lipinski definition) is 0. The standard InChI is InChI=1S/C16H21N3O3/c1-3-20-14-6-4-13(5-7-14)16-17-15(22-18-16)11-19-8-9-21-12(2)10-19/h4-7,12H,3,8-11H2,1-2H3. The topological polar surface area (TPSA) is 60.6 Å². The second kappa shape index (κ2) is 6.89. The Balaban J connectivity index is 1.65. The summed E-state index contributed by atoms with van der Waals surface area (Å²) in [6.45, 7) is 7.89. The summed E-state index contributed by atoms with van der Waals surface area (Å²) in [7, 11) is 0. The fraction of sp³-hybridized carbons (Fsp3) is 0.500. The molecule has 1 aliphatic rings. The Morgan fingerprint density at radius 3 is 2.86 bits per heavy atom. The van der Waals surface area contributed by atoms with Gasteiger partial charge in [0, 0.05) is 18.7 Å². The van der Waals surface area contributed by atoms with Crippen molar-refractivity contribution in [3.05, 3.63) is 30.2 Å². The summed E-state index contributed by atoms with van der Waals surface area (Å²) >= 11 is 0. The fourth-order valence-electron chi connectivity index (χ4n) is 2.53. The van der Waals surface area contributed by atoms with E-state index in [2.05, 4.69) is 22.0 Å². The van der Waals surface area contributed by atoms with Gasteiger partial charge in [0.2, 0.25) is 11.7 Å². The lowest BCUT2D eigenvalue weighted by molar-refractivity contribution is -0.0240. The molecule has 0 spiro atoms. The molecule has 6 nitrogen and oxygen atoms in total. The molecule has 1 saturated heterocycles. The first-order valence-corrected chi connectivity index (χ1v) is 7.64. The third-order valence-electron chi connectivity index (χ3n) is 3.58. The van der Waals surface area contributed by atoms with Crippen molar-refractivity contribution in [2.24, 2.45) is 0 Å². The van der Waals surface area contributed by atoms with Crippen molar-refractivity contribution < 1.29 is 14.0 Å². The molecule has 2 heterocycles. The molecule has 0 saturated carbocycles. The highest BCUT2D eigenvalue weighted by Gasteiger charge is 2.19. The number of rotatable bonds is 5. The van der Waals surface area contributed by atoms with Crippen LogP contribution in [0.1, 0.15) is 19.7 Å². The van der Waals surface area contributed by atoms with Gasteiger partial charge in [-0.3, -0.25) is 4.90 Å². The van der Waals surface area contributed by atoms with Crippen LogP contribution in [0.25, 0.3) is 11.4 Å². The molecule has 1 aromatic carbocycles. The van der Waals surface area contributed by atoms with E-state index in [1.807, 2.05) is 31.2 Å². The maximum Gasteiger partial charge on any atom is 0.241 e. The van der Waals surface area contributed by atoms with Crippen LogP contribution in [-0.4, -0.2) is 47.4 Å². The van der Waals surface area contributed by atoms with Gasteiger partial charge in [-0.15, -0.1) is 0 Å². The van der Waals surface area contributed by atoms with E-state index in [4.69, 9.17) is 14.0 Å². The van der Waals surface area contributed by atoms with E-state index in [1.54, 1.807) is 0 Å². The predicted molar refractivity (Wildman–Crippen MR) is 81.6 cm³/mol. The Bertz CT molecular complexity index is 597. The summed E-state index contributed by atoms with van der Waals surface area (Å²) in [6.07, 6.45) is 0.252. The zero-order chi connectivity index (χ0) is 15.4. The average Bonchev–Trinajstić information content (AvgIpc) is 2.97. The molecule has 1 fully saturated rings. The van der Waals surface area contributed by atoms with Crippen molar-refractivity contribution in [1.82, 2.24) is 15.0 Å². The van der Waals surface area contributed by atoms with Crippen LogP contribution in [0, 0.1) is 0 Å². The smallest absolute Gasteiger partial charge is 0.241 e. The maximum absolute atomic E-state index is 5.53. The van der Waals surface area contributed by atoms with E-state index in [0.29, 0.717) is 24.9 Å². The Kier molecular flexibility index (Phi) is 4.70. The Morgan fingerprint density at radius 1 is 1.32 bits per heavy atom. The summed E-state index contributed by atoms with van der Waals surface area (Å²) in [5.41, 5.74) is 0.925. The highest BCUT2D eigenvalue weighted by Crippen LogP contribution is 2.20. The van der Waals surface area contributed by atoms with Gasteiger partial charge in [-0.1, -0.05) is 5.16 Å². The molecule has 0 amide bonds. The van der Waals surface area contributed by atoms with Gasteiger partial charge in [0.05, 0.1) is 25.9 Å². The number of nitrogens with zero attached hydrogens (tertiary/aromatic N) is 3.